The van der Waals surface area contributed by atoms with Gasteiger partial charge in [-0.2, -0.15) is 0 Å². The molecule has 5 aliphatic rings. The zero-order valence-corrected chi connectivity index (χ0v) is 33.7. The molecule has 49 heavy (non-hydrogen) atoms. The lowest BCUT2D eigenvalue weighted by Crippen LogP contribution is -2.64. The van der Waals surface area contributed by atoms with Crippen LogP contribution in [0.5, 0.6) is 0 Å². The largest absolute Gasteiger partial charge is 0.462 e. The van der Waals surface area contributed by atoms with Crippen molar-refractivity contribution in [2.24, 2.45) is 45.3 Å². The van der Waals surface area contributed by atoms with Crippen LogP contribution in [0.1, 0.15) is 209 Å². The molecule has 1 aliphatic heterocycles. The van der Waals surface area contributed by atoms with E-state index in [1.54, 1.807) is 0 Å². The van der Waals surface area contributed by atoms with Crippen LogP contribution in [0.15, 0.2) is 0 Å². The normalized spacial score (nSPS) is 40.1. The number of hydrogen-bond acceptors (Lipinski definition) is 4. The van der Waals surface area contributed by atoms with E-state index in [2.05, 4.69) is 41.5 Å². The number of fused-ring (bicyclic) bond motifs is 5. The van der Waals surface area contributed by atoms with Gasteiger partial charge in [-0.15, -0.1) is 0 Å². The fourth-order valence-electron chi connectivity index (χ4n) is 13.4. The third kappa shape index (κ3) is 8.16. The molecule has 1 heterocycles. The summed E-state index contributed by atoms with van der Waals surface area (Å²) >= 11 is 0. The van der Waals surface area contributed by atoms with Crippen molar-refractivity contribution in [1.29, 1.82) is 0 Å². The molecule has 1 N–H and O–H groups in total. The van der Waals surface area contributed by atoms with Crippen molar-refractivity contribution in [3.8, 4) is 0 Å². The van der Waals surface area contributed by atoms with Gasteiger partial charge in [-0.3, -0.25) is 4.79 Å². The summed E-state index contributed by atoms with van der Waals surface area (Å²) in [6.07, 6.45) is 30.4. The molecule has 0 aromatic rings. The highest BCUT2D eigenvalue weighted by molar-refractivity contribution is 5.69. The van der Waals surface area contributed by atoms with Gasteiger partial charge in [0, 0.05) is 11.8 Å². The second kappa shape index (κ2) is 16.2. The molecule has 4 aliphatic carbocycles. The summed E-state index contributed by atoms with van der Waals surface area (Å²) in [5.41, 5.74) is 0.264. The zero-order valence-electron chi connectivity index (χ0n) is 33.7. The van der Waals surface area contributed by atoms with Crippen LogP contribution < -0.4 is 0 Å². The van der Waals surface area contributed by atoms with Gasteiger partial charge in [0.2, 0.25) is 0 Å². The predicted octanol–water partition coefficient (Wildman–Crippen LogP) is 12.4. The third-order valence-electron chi connectivity index (χ3n) is 16.5. The molecule has 10 atom stereocenters. The van der Waals surface area contributed by atoms with Crippen molar-refractivity contribution in [1.82, 2.24) is 0 Å². The lowest BCUT2D eigenvalue weighted by molar-refractivity contribution is -0.229. The Morgan fingerprint density at radius 1 is 0.694 bits per heavy atom. The monoisotopic (exact) mass is 685 g/mol. The van der Waals surface area contributed by atoms with Crippen LogP contribution in [-0.4, -0.2) is 35.0 Å². The van der Waals surface area contributed by atoms with Gasteiger partial charge >= 0.3 is 5.97 Å². The SMILES string of the molecule is CCCCCCCCCCCCCCCC(=O)O[C@H]1CC[C@]2(C)[C@H]3CC[C@@H]4[C@@H]([C@@H]5CC[C@H](C(C)(C)O)O5)CC[C@@]4(C)[C@]3(C)CC[C@H]2C1(C)C. The number of rotatable bonds is 17. The van der Waals surface area contributed by atoms with E-state index >= 15 is 0 Å². The highest BCUT2D eigenvalue weighted by Crippen LogP contribution is 2.75. The average Bonchev–Trinajstić information content (AvgIpc) is 3.67. The van der Waals surface area contributed by atoms with E-state index in [9.17, 15) is 9.90 Å². The molecular weight excluding hydrogens is 604 g/mol. The van der Waals surface area contributed by atoms with Crippen molar-refractivity contribution in [2.45, 2.75) is 233 Å². The highest BCUT2D eigenvalue weighted by Gasteiger charge is 2.69. The Bertz CT molecular complexity index is 1060. The van der Waals surface area contributed by atoms with E-state index in [-0.39, 0.29) is 23.6 Å². The van der Waals surface area contributed by atoms with Crippen LogP contribution in [0.25, 0.3) is 0 Å². The van der Waals surface area contributed by atoms with E-state index in [4.69, 9.17) is 9.47 Å². The number of aliphatic hydroxyl groups is 1. The van der Waals surface area contributed by atoms with Gasteiger partial charge in [-0.05, 0) is 124 Å². The Morgan fingerprint density at radius 2 is 1.29 bits per heavy atom. The topological polar surface area (TPSA) is 55.8 Å². The lowest BCUT2D eigenvalue weighted by Gasteiger charge is -2.70. The molecule has 0 unspecified atom stereocenters. The molecule has 4 nitrogen and oxygen atoms in total. The Morgan fingerprint density at radius 3 is 1.88 bits per heavy atom. The number of carbonyl (C=O) groups is 1. The molecule has 5 rings (SSSR count). The molecule has 0 spiro atoms. The van der Waals surface area contributed by atoms with Gasteiger partial charge in [0.15, 0.2) is 0 Å². The van der Waals surface area contributed by atoms with Crippen molar-refractivity contribution in [3.05, 3.63) is 0 Å². The zero-order chi connectivity index (χ0) is 35.5. The first-order chi connectivity index (χ1) is 23.2. The van der Waals surface area contributed by atoms with Crippen LogP contribution in [0, 0.1) is 45.3 Å². The first-order valence-electron chi connectivity index (χ1n) is 21.8. The summed E-state index contributed by atoms with van der Waals surface area (Å²) in [7, 11) is 0. The van der Waals surface area contributed by atoms with Crippen molar-refractivity contribution in [2.75, 3.05) is 0 Å². The van der Waals surface area contributed by atoms with Crippen LogP contribution >= 0.6 is 0 Å². The summed E-state index contributed by atoms with van der Waals surface area (Å²) < 4.78 is 13.0. The van der Waals surface area contributed by atoms with E-state index in [1.165, 1.54) is 116 Å². The molecule has 1 saturated heterocycles. The summed E-state index contributed by atoms with van der Waals surface area (Å²) in [4.78, 5) is 13.2. The van der Waals surface area contributed by atoms with Gasteiger partial charge < -0.3 is 14.6 Å². The number of carbonyl (C=O) groups excluding carboxylic acids is 1. The fourth-order valence-corrected chi connectivity index (χ4v) is 13.4. The molecule has 284 valence electrons. The number of ether oxygens (including phenoxy) is 2. The number of esters is 1. The molecule has 0 amide bonds. The maximum Gasteiger partial charge on any atom is 0.306 e. The summed E-state index contributed by atoms with van der Waals surface area (Å²) in [5, 5.41) is 10.7. The average molecular weight is 685 g/mol. The molecule has 0 aromatic heterocycles. The predicted molar refractivity (Wildman–Crippen MR) is 203 cm³/mol. The molecule has 4 saturated carbocycles. The van der Waals surface area contributed by atoms with Crippen molar-refractivity contribution >= 4 is 5.97 Å². The number of unbranched alkanes of at least 4 members (excludes halogenated alkanes) is 12. The third-order valence-corrected chi connectivity index (χ3v) is 16.5. The highest BCUT2D eigenvalue weighted by atomic mass is 16.5. The molecule has 0 radical (unpaired) electrons. The summed E-state index contributed by atoms with van der Waals surface area (Å²) in [5.74, 6) is 2.76. The van der Waals surface area contributed by atoms with Gasteiger partial charge in [0.1, 0.15) is 6.10 Å². The lowest BCUT2D eigenvalue weighted by atomic mass is 9.35. The first-order valence-corrected chi connectivity index (χ1v) is 21.8. The van der Waals surface area contributed by atoms with Crippen molar-refractivity contribution in [3.63, 3.8) is 0 Å². The molecule has 0 bridgehead atoms. The molecule has 0 aromatic carbocycles. The smallest absolute Gasteiger partial charge is 0.306 e. The fraction of sp³-hybridized carbons (Fsp3) is 0.978. The van der Waals surface area contributed by atoms with Crippen molar-refractivity contribution < 1.29 is 19.4 Å². The summed E-state index contributed by atoms with van der Waals surface area (Å²) in [6.45, 7) is 19.0. The van der Waals surface area contributed by atoms with Crippen LogP contribution in [0.4, 0.5) is 0 Å². The Kier molecular flexibility index (Phi) is 13.1. The maximum atomic E-state index is 13.2. The summed E-state index contributed by atoms with van der Waals surface area (Å²) in [6, 6.07) is 0. The Balaban J connectivity index is 1.08. The second-order valence-electron chi connectivity index (χ2n) is 20.1. The molecule has 4 heteroatoms. The van der Waals surface area contributed by atoms with E-state index in [0.29, 0.717) is 40.6 Å². The van der Waals surface area contributed by atoms with Crippen LogP contribution in [0.3, 0.4) is 0 Å². The minimum atomic E-state index is -0.751. The minimum Gasteiger partial charge on any atom is -0.462 e. The minimum absolute atomic E-state index is 0.0136. The van der Waals surface area contributed by atoms with Gasteiger partial charge in [0.05, 0.1) is 17.8 Å². The Labute approximate surface area is 303 Å². The van der Waals surface area contributed by atoms with Crippen LogP contribution in [-0.2, 0) is 14.3 Å². The maximum absolute atomic E-state index is 13.2. The van der Waals surface area contributed by atoms with E-state index < -0.39 is 5.60 Å². The van der Waals surface area contributed by atoms with Gasteiger partial charge in [-0.1, -0.05) is 119 Å². The van der Waals surface area contributed by atoms with Gasteiger partial charge in [0.25, 0.3) is 0 Å². The number of hydrogen-bond donors (Lipinski definition) is 1. The van der Waals surface area contributed by atoms with E-state index in [0.717, 1.165) is 43.9 Å². The molecule has 5 fully saturated rings. The quantitative estimate of drug-likeness (QED) is 0.122. The van der Waals surface area contributed by atoms with E-state index in [1.807, 2.05) is 13.8 Å². The second-order valence-corrected chi connectivity index (χ2v) is 20.1. The van der Waals surface area contributed by atoms with Crippen LogP contribution in [0.2, 0.25) is 0 Å². The Hall–Kier alpha value is -0.610. The molecular formula is C45H80O4. The first kappa shape index (κ1) is 39.6. The van der Waals surface area contributed by atoms with Gasteiger partial charge in [-0.25, -0.2) is 0 Å². The standard InChI is InChI=1S/C45H80O4/c1-9-10-11-12-13-14-15-16-17-18-19-20-21-22-40(46)49-38-29-30-43(6)36(41(38,2)3)28-32-45(8)37(43)25-23-34-33(27-31-44(34,45)7)35-24-26-39(48-35)42(4,5)47/h33-39,47H,9-32H2,1-8H3/t33-,34+,35-,36-,37+,38-,39+,43-,44+,45+/m0/s1.